The van der Waals surface area contributed by atoms with Gasteiger partial charge in [-0.15, -0.1) is 0 Å². The van der Waals surface area contributed by atoms with Gasteiger partial charge in [-0.3, -0.25) is 4.79 Å². The van der Waals surface area contributed by atoms with Gasteiger partial charge in [0.15, 0.2) is 0 Å². The van der Waals surface area contributed by atoms with E-state index >= 15 is 0 Å². The molecule has 0 spiro atoms. The molecular formula is C13H23NO3. The van der Waals surface area contributed by atoms with Crippen LogP contribution in [0.1, 0.15) is 44.9 Å². The molecule has 1 amide bonds. The van der Waals surface area contributed by atoms with Gasteiger partial charge in [-0.05, 0) is 38.5 Å². The van der Waals surface area contributed by atoms with E-state index in [1.165, 1.54) is 0 Å². The van der Waals surface area contributed by atoms with Crippen molar-refractivity contribution < 1.29 is 14.6 Å². The van der Waals surface area contributed by atoms with E-state index in [0.717, 1.165) is 45.1 Å². The number of methoxy groups -OCH3 is 1. The summed E-state index contributed by atoms with van der Waals surface area (Å²) in [6.07, 6.45) is 6.74. The Kier molecular flexibility index (Phi) is 4.05. The molecule has 1 saturated carbocycles. The molecule has 0 aromatic rings. The smallest absolute Gasteiger partial charge is 0.225 e. The molecule has 1 aliphatic heterocycles. The van der Waals surface area contributed by atoms with Gasteiger partial charge in [0.05, 0.1) is 24.7 Å². The zero-order chi connectivity index (χ0) is 12.3. The number of amides is 1. The normalized spacial score (nSPS) is 27.6. The highest BCUT2D eigenvalue weighted by Crippen LogP contribution is 2.38. The molecule has 0 aromatic carbocycles. The molecule has 0 aromatic heterocycles. The highest BCUT2D eigenvalue weighted by Gasteiger charge is 2.41. The molecule has 1 N–H and O–H groups in total. The Morgan fingerprint density at radius 3 is 2.71 bits per heavy atom. The van der Waals surface area contributed by atoms with Crippen molar-refractivity contribution in [2.75, 3.05) is 20.3 Å². The summed E-state index contributed by atoms with van der Waals surface area (Å²) in [7, 11) is 1.70. The van der Waals surface area contributed by atoms with Crippen LogP contribution in [0.25, 0.3) is 0 Å². The minimum absolute atomic E-state index is 0.0326. The number of aliphatic hydroxyl groups is 1. The first kappa shape index (κ1) is 12.8. The van der Waals surface area contributed by atoms with Crippen molar-refractivity contribution in [1.29, 1.82) is 0 Å². The van der Waals surface area contributed by atoms with Crippen molar-refractivity contribution in [2.45, 2.75) is 56.6 Å². The maximum absolute atomic E-state index is 12.3. The van der Waals surface area contributed by atoms with Crippen molar-refractivity contribution >= 4 is 5.91 Å². The molecule has 1 heterocycles. The molecule has 4 heteroatoms. The van der Waals surface area contributed by atoms with Crippen LogP contribution in [-0.2, 0) is 9.53 Å². The van der Waals surface area contributed by atoms with Gasteiger partial charge in [-0.25, -0.2) is 0 Å². The van der Waals surface area contributed by atoms with Crippen molar-refractivity contribution in [3.63, 3.8) is 0 Å². The molecule has 1 atom stereocenters. The lowest BCUT2D eigenvalue weighted by Gasteiger charge is -2.43. The average molecular weight is 241 g/mol. The number of carbonyl (C=O) groups excluding carboxylic acids is 1. The minimum atomic E-state index is -0.200. The first-order valence-corrected chi connectivity index (χ1v) is 6.66. The first-order valence-electron chi connectivity index (χ1n) is 6.66. The van der Waals surface area contributed by atoms with Gasteiger partial charge in [-0.1, -0.05) is 0 Å². The van der Waals surface area contributed by atoms with Crippen LogP contribution in [0.3, 0.4) is 0 Å². The summed E-state index contributed by atoms with van der Waals surface area (Å²) in [4.78, 5) is 14.1. The first-order chi connectivity index (χ1) is 8.21. The van der Waals surface area contributed by atoms with Crippen molar-refractivity contribution in [3.8, 4) is 0 Å². The van der Waals surface area contributed by atoms with Crippen LogP contribution in [0.5, 0.6) is 0 Å². The van der Waals surface area contributed by atoms with E-state index < -0.39 is 0 Å². The topological polar surface area (TPSA) is 49.8 Å². The third kappa shape index (κ3) is 2.63. The second kappa shape index (κ2) is 5.36. The Morgan fingerprint density at radius 1 is 1.41 bits per heavy atom. The third-order valence-electron chi connectivity index (χ3n) is 4.33. The second-order valence-electron chi connectivity index (χ2n) is 5.34. The largest absolute Gasteiger partial charge is 0.394 e. The maximum Gasteiger partial charge on any atom is 0.225 e. The van der Waals surface area contributed by atoms with Crippen molar-refractivity contribution in [2.24, 2.45) is 0 Å². The number of aliphatic hydroxyl groups excluding tert-OH is 1. The molecular weight excluding hydrogens is 218 g/mol. The average Bonchev–Trinajstić information content (AvgIpc) is 2.33. The number of hydrogen-bond donors (Lipinski definition) is 1. The quantitative estimate of drug-likeness (QED) is 0.807. The number of hydrogen-bond acceptors (Lipinski definition) is 3. The van der Waals surface area contributed by atoms with Crippen LogP contribution >= 0.6 is 0 Å². The number of nitrogens with zero attached hydrogens (tertiary/aromatic N) is 1. The Morgan fingerprint density at radius 2 is 2.18 bits per heavy atom. The highest BCUT2D eigenvalue weighted by atomic mass is 16.5. The molecule has 98 valence electrons. The molecule has 1 aliphatic carbocycles. The molecule has 2 rings (SSSR count). The molecule has 2 aliphatic rings. The van der Waals surface area contributed by atoms with E-state index in [1.54, 1.807) is 7.11 Å². The SMILES string of the molecule is COC1(CC(=O)N2CCCCC2CO)CCC1. The van der Waals surface area contributed by atoms with Gasteiger partial charge in [0.25, 0.3) is 0 Å². The maximum atomic E-state index is 12.3. The minimum Gasteiger partial charge on any atom is -0.394 e. The molecule has 4 nitrogen and oxygen atoms in total. The van der Waals surface area contributed by atoms with Gasteiger partial charge >= 0.3 is 0 Å². The lowest BCUT2D eigenvalue weighted by molar-refractivity contribution is -0.148. The van der Waals surface area contributed by atoms with Gasteiger partial charge in [0, 0.05) is 13.7 Å². The summed E-state index contributed by atoms with van der Waals surface area (Å²) in [6.45, 7) is 0.885. The number of likely N-dealkylation sites (tertiary alicyclic amines) is 1. The van der Waals surface area contributed by atoms with Crippen LogP contribution in [0, 0.1) is 0 Å². The zero-order valence-electron chi connectivity index (χ0n) is 10.7. The summed E-state index contributed by atoms with van der Waals surface area (Å²) in [6, 6.07) is 0.0326. The zero-order valence-corrected chi connectivity index (χ0v) is 10.7. The fourth-order valence-corrected chi connectivity index (χ4v) is 2.92. The predicted molar refractivity (Wildman–Crippen MR) is 64.6 cm³/mol. The Hall–Kier alpha value is -0.610. The molecule has 2 fully saturated rings. The van der Waals surface area contributed by atoms with Crippen LogP contribution in [-0.4, -0.2) is 47.8 Å². The molecule has 17 heavy (non-hydrogen) atoms. The van der Waals surface area contributed by atoms with Crippen LogP contribution in [0.15, 0.2) is 0 Å². The van der Waals surface area contributed by atoms with Gasteiger partial charge in [0.2, 0.25) is 5.91 Å². The van der Waals surface area contributed by atoms with Gasteiger partial charge in [-0.2, -0.15) is 0 Å². The molecule has 0 radical (unpaired) electrons. The summed E-state index contributed by atoms with van der Waals surface area (Å²) in [5.74, 6) is 0.158. The lowest BCUT2D eigenvalue weighted by Crippen LogP contribution is -2.50. The van der Waals surface area contributed by atoms with E-state index in [2.05, 4.69) is 0 Å². The van der Waals surface area contributed by atoms with E-state index in [0.29, 0.717) is 6.42 Å². The second-order valence-corrected chi connectivity index (χ2v) is 5.34. The Bertz CT molecular complexity index is 270. The summed E-state index contributed by atoms with van der Waals surface area (Å²) < 4.78 is 5.49. The van der Waals surface area contributed by atoms with E-state index in [1.807, 2.05) is 4.90 Å². The third-order valence-corrected chi connectivity index (χ3v) is 4.33. The highest BCUT2D eigenvalue weighted by molar-refractivity contribution is 5.78. The summed E-state index contributed by atoms with van der Waals surface area (Å²) in [5.41, 5.74) is -0.200. The number of carbonyl (C=O) groups is 1. The lowest BCUT2D eigenvalue weighted by atomic mass is 9.77. The fourth-order valence-electron chi connectivity index (χ4n) is 2.92. The summed E-state index contributed by atoms with van der Waals surface area (Å²) in [5, 5.41) is 9.31. The predicted octanol–water partition coefficient (Wildman–Crippen LogP) is 1.32. The monoisotopic (exact) mass is 241 g/mol. The van der Waals surface area contributed by atoms with E-state index in [4.69, 9.17) is 4.74 Å². The van der Waals surface area contributed by atoms with Crippen LogP contribution in [0.4, 0.5) is 0 Å². The number of ether oxygens (including phenoxy) is 1. The molecule has 1 unspecified atom stereocenters. The number of rotatable bonds is 4. The van der Waals surface area contributed by atoms with Gasteiger partial charge < -0.3 is 14.7 Å². The van der Waals surface area contributed by atoms with Crippen molar-refractivity contribution in [3.05, 3.63) is 0 Å². The Labute approximate surface area is 103 Å². The molecule has 1 saturated heterocycles. The summed E-state index contributed by atoms with van der Waals surface area (Å²) >= 11 is 0. The number of piperidine rings is 1. The Balaban J connectivity index is 1.93. The van der Waals surface area contributed by atoms with Crippen molar-refractivity contribution in [1.82, 2.24) is 4.90 Å². The standard InChI is InChI=1S/C13H23NO3/c1-17-13(6-4-7-13)9-12(16)14-8-3-2-5-11(14)10-15/h11,15H,2-10H2,1H3. The van der Waals surface area contributed by atoms with E-state index in [-0.39, 0.29) is 24.2 Å². The van der Waals surface area contributed by atoms with Crippen LogP contribution < -0.4 is 0 Å². The van der Waals surface area contributed by atoms with E-state index in [9.17, 15) is 9.90 Å². The molecule has 0 bridgehead atoms. The van der Waals surface area contributed by atoms with Gasteiger partial charge in [0.1, 0.15) is 0 Å². The van der Waals surface area contributed by atoms with Crippen LogP contribution in [0.2, 0.25) is 0 Å². The fraction of sp³-hybridized carbons (Fsp3) is 0.923.